The van der Waals surface area contributed by atoms with Crippen LogP contribution in [0.1, 0.15) is 23.6 Å². The van der Waals surface area contributed by atoms with Crippen LogP contribution < -0.4 is 9.47 Å². The summed E-state index contributed by atoms with van der Waals surface area (Å²) in [7, 11) is 0. The summed E-state index contributed by atoms with van der Waals surface area (Å²) < 4.78 is 13.1. The molecule has 1 heterocycles. The fourth-order valence-electron chi connectivity index (χ4n) is 4.14. The Labute approximate surface area is 233 Å². The molecule has 0 N–H and O–H groups in total. The second-order valence-corrected chi connectivity index (χ2v) is 10.7. The molecule has 2 amide bonds. The van der Waals surface area contributed by atoms with Crippen molar-refractivity contribution in [2.45, 2.75) is 20.1 Å². The maximum Gasteiger partial charge on any atom is 0.293 e. The molecule has 0 radical (unpaired) electrons. The number of halogens is 1. The third kappa shape index (κ3) is 5.83. The summed E-state index contributed by atoms with van der Waals surface area (Å²) in [6.45, 7) is 3.04. The molecule has 37 heavy (non-hydrogen) atoms. The van der Waals surface area contributed by atoms with Gasteiger partial charge in [-0.25, -0.2) is 0 Å². The Bertz CT molecular complexity index is 1490. The van der Waals surface area contributed by atoms with Gasteiger partial charge in [0, 0.05) is 3.57 Å². The monoisotopic (exact) mass is 621 g/mol. The van der Waals surface area contributed by atoms with Crippen molar-refractivity contribution in [3.05, 3.63) is 110 Å². The summed E-state index contributed by atoms with van der Waals surface area (Å²) in [6.07, 6.45) is 1.73. The molecule has 0 bridgehead atoms. The van der Waals surface area contributed by atoms with Gasteiger partial charge in [0.05, 0.1) is 18.1 Å². The molecule has 4 aromatic carbocycles. The summed E-state index contributed by atoms with van der Waals surface area (Å²) >= 11 is 3.18. The quantitative estimate of drug-likeness (QED) is 0.149. The van der Waals surface area contributed by atoms with Crippen LogP contribution in [-0.4, -0.2) is 22.7 Å². The fourth-order valence-corrected chi connectivity index (χ4v) is 5.33. The number of fused-ring (bicyclic) bond motifs is 1. The van der Waals surface area contributed by atoms with E-state index in [9.17, 15) is 9.59 Å². The molecular weight excluding hydrogens is 597 g/mol. The number of ether oxygens (including phenoxy) is 2. The standard InChI is InChI=1S/C30H24INO4S/c1-2-35-27-16-21(12-15-26(27)36-19-23-8-5-7-22-6-3-4-9-25(22)23)17-28-29(33)32(30(34)37-28)18-20-10-13-24(31)14-11-20/h3-17H,2,18-19H2,1H3/b28-17-. The van der Waals surface area contributed by atoms with Crippen LogP contribution in [0.2, 0.25) is 0 Å². The van der Waals surface area contributed by atoms with Crippen molar-refractivity contribution in [3.8, 4) is 11.5 Å². The molecule has 1 saturated heterocycles. The number of hydrogen-bond donors (Lipinski definition) is 0. The number of carbonyl (C=O) groups excluding carboxylic acids is 2. The lowest BCUT2D eigenvalue weighted by Crippen LogP contribution is -2.27. The summed E-state index contributed by atoms with van der Waals surface area (Å²) in [5.74, 6) is 0.927. The van der Waals surface area contributed by atoms with Crippen molar-refractivity contribution >= 4 is 62.3 Å². The molecule has 7 heteroatoms. The van der Waals surface area contributed by atoms with Crippen LogP contribution in [0.4, 0.5) is 4.79 Å². The van der Waals surface area contributed by atoms with Gasteiger partial charge in [-0.05, 0) is 99.1 Å². The molecule has 186 valence electrons. The number of thioether (sulfide) groups is 1. The highest BCUT2D eigenvalue weighted by atomic mass is 127. The van der Waals surface area contributed by atoms with Gasteiger partial charge in [-0.1, -0.05) is 60.7 Å². The Morgan fingerprint density at radius 2 is 1.68 bits per heavy atom. The number of nitrogens with zero attached hydrogens (tertiary/aromatic N) is 1. The maximum absolute atomic E-state index is 13.0. The molecule has 0 atom stereocenters. The van der Waals surface area contributed by atoms with Gasteiger partial charge < -0.3 is 9.47 Å². The largest absolute Gasteiger partial charge is 0.490 e. The highest BCUT2D eigenvalue weighted by molar-refractivity contribution is 14.1. The molecule has 0 spiro atoms. The number of carbonyl (C=O) groups is 2. The van der Waals surface area contributed by atoms with Gasteiger partial charge in [0.1, 0.15) is 6.61 Å². The van der Waals surface area contributed by atoms with E-state index < -0.39 is 0 Å². The third-order valence-electron chi connectivity index (χ3n) is 5.96. The second kappa shape index (κ2) is 11.4. The van der Waals surface area contributed by atoms with Crippen LogP contribution in [0.3, 0.4) is 0 Å². The van der Waals surface area contributed by atoms with E-state index >= 15 is 0 Å². The average molecular weight is 621 g/mol. The zero-order chi connectivity index (χ0) is 25.8. The zero-order valence-electron chi connectivity index (χ0n) is 20.1. The van der Waals surface area contributed by atoms with Gasteiger partial charge in [0.15, 0.2) is 11.5 Å². The smallest absolute Gasteiger partial charge is 0.293 e. The average Bonchev–Trinajstić information content (AvgIpc) is 3.17. The maximum atomic E-state index is 13.0. The van der Waals surface area contributed by atoms with Gasteiger partial charge in [-0.15, -0.1) is 0 Å². The summed E-state index contributed by atoms with van der Waals surface area (Å²) in [4.78, 5) is 27.2. The predicted molar refractivity (Wildman–Crippen MR) is 157 cm³/mol. The first-order chi connectivity index (χ1) is 18.0. The third-order valence-corrected chi connectivity index (χ3v) is 7.58. The molecule has 5 nitrogen and oxygen atoms in total. The van der Waals surface area contributed by atoms with E-state index in [0.29, 0.717) is 29.6 Å². The molecule has 5 rings (SSSR count). The summed E-state index contributed by atoms with van der Waals surface area (Å²) in [5, 5.41) is 2.05. The molecule has 0 saturated carbocycles. The van der Waals surface area contributed by atoms with Crippen molar-refractivity contribution in [3.63, 3.8) is 0 Å². The van der Waals surface area contributed by atoms with Crippen LogP contribution in [0.25, 0.3) is 16.8 Å². The van der Waals surface area contributed by atoms with Crippen molar-refractivity contribution in [2.75, 3.05) is 6.61 Å². The fraction of sp³-hybridized carbons (Fsp3) is 0.133. The van der Waals surface area contributed by atoms with Crippen LogP contribution in [-0.2, 0) is 17.9 Å². The topological polar surface area (TPSA) is 55.8 Å². The van der Waals surface area contributed by atoms with Crippen LogP contribution in [0, 0.1) is 3.57 Å². The second-order valence-electron chi connectivity index (χ2n) is 8.46. The molecule has 1 fully saturated rings. The number of rotatable bonds is 8. The molecular formula is C30H24INO4S. The van der Waals surface area contributed by atoms with Gasteiger partial charge in [-0.2, -0.15) is 0 Å². The van der Waals surface area contributed by atoms with E-state index in [0.717, 1.165) is 37.4 Å². The van der Waals surface area contributed by atoms with Crippen LogP contribution in [0.15, 0.2) is 89.8 Å². The minimum absolute atomic E-state index is 0.254. The van der Waals surface area contributed by atoms with Crippen molar-refractivity contribution in [1.82, 2.24) is 4.90 Å². The molecule has 0 aliphatic carbocycles. The number of amides is 2. The van der Waals surface area contributed by atoms with Gasteiger partial charge >= 0.3 is 0 Å². The number of imide groups is 1. The van der Waals surface area contributed by atoms with Crippen molar-refractivity contribution in [1.29, 1.82) is 0 Å². The van der Waals surface area contributed by atoms with E-state index in [4.69, 9.17) is 9.47 Å². The lowest BCUT2D eigenvalue weighted by Gasteiger charge is -2.14. The normalized spacial score (nSPS) is 14.5. The number of benzene rings is 4. The van der Waals surface area contributed by atoms with E-state index in [1.165, 1.54) is 10.3 Å². The van der Waals surface area contributed by atoms with Gasteiger partial charge in [0.2, 0.25) is 0 Å². The Kier molecular flexibility index (Phi) is 7.81. The molecule has 1 aliphatic heterocycles. The predicted octanol–water partition coefficient (Wildman–Crippen LogP) is 7.66. The van der Waals surface area contributed by atoms with E-state index in [-0.39, 0.29) is 17.7 Å². The highest BCUT2D eigenvalue weighted by Crippen LogP contribution is 2.36. The SMILES string of the molecule is CCOc1cc(/C=C2\SC(=O)N(Cc3ccc(I)cc3)C2=O)ccc1OCc1cccc2ccccc12. The minimum Gasteiger partial charge on any atom is -0.490 e. The molecule has 1 aliphatic rings. The first-order valence-electron chi connectivity index (χ1n) is 11.9. The van der Waals surface area contributed by atoms with E-state index in [2.05, 4.69) is 46.9 Å². The van der Waals surface area contributed by atoms with Gasteiger partial charge in [0.25, 0.3) is 11.1 Å². The van der Waals surface area contributed by atoms with E-state index in [1.54, 1.807) is 6.08 Å². The molecule has 0 aromatic heterocycles. The Balaban J connectivity index is 1.34. The zero-order valence-corrected chi connectivity index (χ0v) is 23.1. The number of hydrogen-bond acceptors (Lipinski definition) is 5. The van der Waals surface area contributed by atoms with Gasteiger partial charge in [-0.3, -0.25) is 14.5 Å². The highest BCUT2D eigenvalue weighted by Gasteiger charge is 2.35. The van der Waals surface area contributed by atoms with Crippen LogP contribution >= 0.6 is 34.4 Å². The molecule has 4 aromatic rings. The first kappa shape index (κ1) is 25.4. The Morgan fingerprint density at radius 3 is 2.49 bits per heavy atom. The summed E-state index contributed by atoms with van der Waals surface area (Å²) in [5.41, 5.74) is 2.77. The Morgan fingerprint density at radius 1 is 0.892 bits per heavy atom. The lowest BCUT2D eigenvalue weighted by molar-refractivity contribution is -0.123. The molecule has 0 unspecified atom stereocenters. The summed E-state index contributed by atoms with van der Waals surface area (Å²) in [6, 6.07) is 27.7. The first-order valence-corrected chi connectivity index (χ1v) is 13.8. The Hall–Kier alpha value is -3.30. The van der Waals surface area contributed by atoms with Crippen molar-refractivity contribution in [2.24, 2.45) is 0 Å². The minimum atomic E-state index is -0.289. The van der Waals surface area contributed by atoms with Crippen LogP contribution in [0.5, 0.6) is 11.5 Å². The lowest BCUT2D eigenvalue weighted by atomic mass is 10.1. The van der Waals surface area contributed by atoms with E-state index in [1.807, 2.05) is 67.6 Å². The van der Waals surface area contributed by atoms with Crippen molar-refractivity contribution < 1.29 is 19.1 Å².